The van der Waals surface area contributed by atoms with Crippen LogP contribution in [0.25, 0.3) is 0 Å². The lowest BCUT2D eigenvalue weighted by atomic mass is 9.97. The summed E-state index contributed by atoms with van der Waals surface area (Å²) in [5.41, 5.74) is 0. The number of aliphatic hydroxyl groups excluding tert-OH is 1. The Hall–Kier alpha value is -0.170. The summed E-state index contributed by atoms with van der Waals surface area (Å²) in [6.07, 6.45) is 1.08. The maximum atomic E-state index is 11.2. The molecule has 15 heavy (non-hydrogen) atoms. The molecule has 3 N–H and O–H groups in total. The molecule has 0 aliphatic carbocycles. The molecule has 5 nitrogen and oxygen atoms in total. The van der Waals surface area contributed by atoms with Crippen LogP contribution in [0.5, 0.6) is 0 Å². The summed E-state index contributed by atoms with van der Waals surface area (Å²) in [6.45, 7) is 6.08. The standard InChI is InChI=1S/C9H22N2O3S/c1-4-8(5-2)9(12)7-11-15(13,14)10-6-3/h8-12H,4-7H2,1-3H3. The van der Waals surface area contributed by atoms with Crippen LogP contribution in [0.4, 0.5) is 0 Å². The Morgan fingerprint density at radius 2 is 1.67 bits per heavy atom. The van der Waals surface area contributed by atoms with Crippen LogP contribution >= 0.6 is 0 Å². The van der Waals surface area contributed by atoms with E-state index in [9.17, 15) is 13.5 Å². The molecular weight excluding hydrogens is 216 g/mol. The molecule has 0 amide bonds. The van der Waals surface area contributed by atoms with Gasteiger partial charge in [-0.05, 0) is 5.92 Å². The lowest BCUT2D eigenvalue weighted by molar-refractivity contribution is 0.107. The van der Waals surface area contributed by atoms with E-state index in [1.807, 2.05) is 13.8 Å². The molecule has 0 aliphatic heterocycles. The van der Waals surface area contributed by atoms with Gasteiger partial charge in [-0.25, -0.2) is 4.72 Å². The van der Waals surface area contributed by atoms with E-state index in [0.29, 0.717) is 6.54 Å². The van der Waals surface area contributed by atoms with E-state index >= 15 is 0 Å². The Kier molecular flexibility index (Phi) is 7.08. The monoisotopic (exact) mass is 238 g/mol. The van der Waals surface area contributed by atoms with Crippen molar-refractivity contribution in [1.29, 1.82) is 0 Å². The quantitative estimate of drug-likeness (QED) is 0.566. The van der Waals surface area contributed by atoms with Crippen molar-refractivity contribution in [3.05, 3.63) is 0 Å². The third-order valence-electron chi connectivity index (χ3n) is 2.41. The summed E-state index contributed by atoms with van der Waals surface area (Å²) in [4.78, 5) is 0. The van der Waals surface area contributed by atoms with E-state index in [0.717, 1.165) is 12.8 Å². The van der Waals surface area contributed by atoms with Gasteiger partial charge in [0.05, 0.1) is 6.10 Å². The lowest BCUT2D eigenvalue weighted by Gasteiger charge is -2.20. The van der Waals surface area contributed by atoms with Crippen molar-refractivity contribution in [2.45, 2.75) is 39.7 Å². The van der Waals surface area contributed by atoms with Crippen LogP contribution in [0.15, 0.2) is 0 Å². The van der Waals surface area contributed by atoms with Gasteiger partial charge in [-0.1, -0.05) is 33.6 Å². The number of nitrogens with one attached hydrogen (secondary N) is 2. The molecule has 0 radical (unpaired) electrons. The molecule has 0 spiro atoms. The summed E-state index contributed by atoms with van der Waals surface area (Å²) in [5, 5.41) is 9.69. The molecular formula is C9H22N2O3S. The highest BCUT2D eigenvalue weighted by molar-refractivity contribution is 7.87. The van der Waals surface area contributed by atoms with Crippen molar-refractivity contribution < 1.29 is 13.5 Å². The normalized spacial score (nSPS) is 14.5. The minimum Gasteiger partial charge on any atom is -0.391 e. The van der Waals surface area contributed by atoms with E-state index in [1.54, 1.807) is 6.92 Å². The predicted molar refractivity (Wildman–Crippen MR) is 60.7 cm³/mol. The maximum absolute atomic E-state index is 11.2. The first-order valence-electron chi connectivity index (χ1n) is 5.39. The van der Waals surface area contributed by atoms with Crippen molar-refractivity contribution in [1.82, 2.24) is 9.44 Å². The summed E-state index contributed by atoms with van der Waals surface area (Å²) in [5.74, 6) is 0.148. The van der Waals surface area contributed by atoms with Gasteiger partial charge in [-0.2, -0.15) is 13.1 Å². The molecule has 0 aromatic carbocycles. The number of hydrogen-bond donors (Lipinski definition) is 3. The minimum atomic E-state index is -3.44. The van der Waals surface area contributed by atoms with E-state index < -0.39 is 16.3 Å². The molecule has 0 rings (SSSR count). The van der Waals surface area contributed by atoms with Gasteiger partial charge in [-0.15, -0.1) is 0 Å². The fourth-order valence-electron chi connectivity index (χ4n) is 1.44. The smallest absolute Gasteiger partial charge is 0.276 e. The molecule has 1 atom stereocenters. The Balaban J connectivity index is 4.04. The van der Waals surface area contributed by atoms with Crippen LogP contribution in [0, 0.1) is 5.92 Å². The van der Waals surface area contributed by atoms with E-state index in [4.69, 9.17) is 0 Å². The molecule has 0 aliphatic rings. The molecule has 1 unspecified atom stereocenters. The largest absolute Gasteiger partial charge is 0.391 e. The Bertz CT molecular complexity index is 250. The second-order valence-electron chi connectivity index (χ2n) is 3.49. The van der Waals surface area contributed by atoms with Crippen LogP contribution in [0.2, 0.25) is 0 Å². The Labute approximate surface area is 92.4 Å². The minimum absolute atomic E-state index is 0.0711. The van der Waals surface area contributed by atoms with Crippen LogP contribution in [0.3, 0.4) is 0 Å². The van der Waals surface area contributed by atoms with Gasteiger partial charge >= 0.3 is 0 Å². The topological polar surface area (TPSA) is 78.4 Å². The molecule has 0 aromatic rings. The van der Waals surface area contributed by atoms with Crippen LogP contribution in [0.1, 0.15) is 33.6 Å². The van der Waals surface area contributed by atoms with Crippen molar-refractivity contribution >= 4 is 10.2 Å². The van der Waals surface area contributed by atoms with Gasteiger partial charge in [0.1, 0.15) is 0 Å². The third kappa shape index (κ3) is 6.09. The van der Waals surface area contributed by atoms with Gasteiger partial charge < -0.3 is 5.11 Å². The zero-order valence-corrected chi connectivity index (χ0v) is 10.5. The average Bonchev–Trinajstić information content (AvgIpc) is 2.17. The first-order valence-corrected chi connectivity index (χ1v) is 6.87. The first kappa shape index (κ1) is 14.8. The van der Waals surface area contributed by atoms with Crippen molar-refractivity contribution in [2.75, 3.05) is 13.1 Å². The number of hydrogen-bond acceptors (Lipinski definition) is 3. The molecule has 0 saturated heterocycles. The van der Waals surface area contributed by atoms with E-state index in [-0.39, 0.29) is 12.5 Å². The van der Waals surface area contributed by atoms with Crippen molar-refractivity contribution in [3.63, 3.8) is 0 Å². The van der Waals surface area contributed by atoms with Gasteiger partial charge in [0, 0.05) is 13.1 Å². The van der Waals surface area contributed by atoms with E-state index in [1.165, 1.54) is 0 Å². The van der Waals surface area contributed by atoms with Gasteiger partial charge in [-0.3, -0.25) is 0 Å². The molecule has 0 aromatic heterocycles. The lowest BCUT2D eigenvalue weighted by Crippen LogP contribution is -2.42. The second-order valence-corrected chi connectivity index (χ2v) is 5.08. The maximum Gasteiger partial charge on any atom is 0.276 e. The summed E-state index contributed by atoms with van der Waals surface area (Å²) in [7, 11) is -3.44. The fourth-order valence-corrected chi connectivity index (χ4v) is 2.31. The highest BCUT2D eigenvalue weighted by atomic mass is 32.2. The van der Waals surface area contributed by atoms with Crippen molar-refractivity contribution in [2.24, 2.45) is 5.92 Å². The molecule has 92 valence electrons. The van der Waals surface area contributed by atoms with Gasteiger partial charge in [0.15, 0.2) is 0 Å². The summed E-state index contributed by atoms with van der Waals surface area (Å²) in [6, 6.07) is 0. The molecule has 0 heterocycles. The molecule has 0 saturated carbocycles. The molecule has 0 fully saturated rings. The number of aliphatic hydroxyl groups is 1. The Morgan fingerprint density at radius 1 is 1.13 bits per heavy atom. The predicted octanol–water partition coefficient (Wildman–Crippen LogP) is 0.227. The second kappa shape index (κ2) is 7.16. The van der Waals surface area contributed by atoms with Crippen LogP contribution in [-0.2, 0) is 10.2 Å². The number of rotatable bonds is 8. The zero-order chi connectivity index (χ0) is 11.9. The molecule has 6 heteroatoms. The average molecular weight is 238 g/mol. The van der Waals surface area contributed by atoms with Crippen LogP contribution in [-0.4, -0.2) is 32.7 Å². The highest BCUT2D eigenvalue weighted by Crippen LogP contribution is 2.12. The SMILES string of the molecule is CCNS(=O)(=O)NCC(O)C(CC)CC. The Morgan fingerprint density at radius 3 is 2.07 bits per heavy atom. The third-order valence-corrected chi connectivity index (χ3v) is 3.63. The fraction of sp³-hybridized carbons (Fsp3) is 1.00. The summed E-state index contributed by atoms with van der Waals surface area (Å²) >= 11 is 0. The van der Waals surface area contributed by atoms with Gasteiger partial charge in [0.25, 0.3) is 10.2 Å². The van der Waals surface area contributed by atoms with E-state index in [2.05, 4.69) is 9.44 Å². The zero-order valence-electron chi connectivity index (χ0n) is 9.66. The van der Waals surface area contributed by atoms with Gasteiger partial charge in [0.2, 0.25) is 0 Å². The van der Waals surface area contributed by atoms with Crippen molar-refractivity contribution in [3.8, 4) is 0 Å². The highest BCUT2D eigenvalue weighted by Gasteiger charge is 2.17. The summed E-state index contributed by atoms with van der Waals surface area (Å²) < 4.78 is 27.0. The molecule has 0 bridgehead atoms. The van der Waals surface area contributed by atoms with Crippen LogP contribution < -0.4 is 9.44 Å². The first-order chi connectivity index (χ1) is 6.96.